The lowest BCUT2D eigenvalue weighted by Crippen LogP contribution is -2.40. The number of rotatable bonds is 7. The fraction of sp³-hybridized carbons (Fsp3) is 0.923. The van der Waals surface area contributed by atoms with Crippen LogP contribution in [0.1, 0.15) is 20.3 Å². The van der Waals surface area contributed by atoms with Crippen molar-refractivity contribution in [3.8, 4) is 0 Å². The van der Waals surface area contributed by atoms with E-state index in [0.717, 1.165) is 38.6 Å². The Morgan fingerprint density at radius 3 is 2.71 bits per heavy atom. The maximum atomic E-state index is 11.5. The van der Waals surface area contributed by atoms with Crippen molar-refractivity contribution in [1.82, 2.24) is 10.2 Å². The van der Waals surface area contributed by atoms with Crippen molar-refractivity contribution in [3.63, 3.8) is 0 Å². The standard InChI is InChI=1S/C13H27N3O3S.HI/c1-4-14-13(15-7-9-20(17,18)5-2)16-8-6-12(10-16)11-19-3;/h12H,4-11H2,1-3H3,(H,14,15);1H. The van der Waals surface area contributed by atoms with Gasteiger partial charge in [-0.25, -0.2) is 8.42 Å². The lowest BCUT2D eigenvalue weighted by molar-refractivity contribution is 0.157. The zero-order valence-electron chi connectivity index (χ0n) is 13.2. The van der Waals surface area contributed by atoms with Crippen molar-refractivity contribution < 1.29 is 13.2 Å². The van der Waals surface area contributed by atoms with E-state index in [1.807, 2.05) is 6.92 Å². The predicted molar refractivity (Wildman–Crippen MR) is 97.3 cm³/mol. The average molecular weight is 433 g/mol. The molecule has 1 atom stereocenters. The first-order valence-electron chi connectivity index (χ1n) is 7.25. The molecular weight excluding hydrogens is 405 g/mol. The molecule has 0 bridgehead atoms. The molecule has 21 heavy (non-hydrogen) atoms. The quantitative estimate of drug-likeness (QED) is 0.368. The Hall–Kier alpha value is -0.0900. The smallest absolute Gasteiger partial charge is 0.193 e. The summed E-state index contributed by atoms with van der Waals surface area (Å²) in [6.07, 6.45) is 1.09. The van der Waals surface area contributed by atoms with Crippen molar-refractivity contribution >= 4 is 39.8 Å². The number of aliphatic imine (C=N–C) groups is 1. The first-order valence-corrected chi connectivity index (χ1v) is 9.07. The molecule has 0 amide bonds. The molecule has 1 rings (SSSR count). The lowest BCUT2D eigenvalue weighted by atomic mass is 10.1. The van der Waals surface area contributed by atoms with E-state index in [4.69, 9.17) is 4.74 Å². The fourth-order valence-corrected chi connectivity index (χ4v) is 2.92. The first kappa shape index (κ1) is 20.9. The van der Waals surface area contributed by atoms with Gasteiger partial charge < -0.3 is 15.0 Å². The number of sulfone groups is 1. The Labute approximate surface area is 145 Å². The molecule has 8 heteroatoms. The minimum atomic E-state index is -2.95. The highest BCUT2D eigenvalue weighted by Gasteiger charge is 2.24. The van der Waals surface area contributed by atoms with E-state index in [0.29, 0.717) is 12.5 Å². The van der Waals surface area contributed by atoms with Crippen molar-refractivity contribution in [1.29, 1.82) is 0 Å². The molecule has 1 saturated heterocycles. The summed E-state index contributed by atoms with van der Waals surface area (Å²) in [6, 6.07) is 0. The van der Waals surface area contributed by atoms with Crippen LogP contribution in [0, 0.1) is 5.92 Å². The van der Waals surface area contributed by atoms with Crippen LogP contribution >= 0.6 is 24.0 Å². The van der Waals surface area contributed by atoms with Gasteiger partial charge in [-0.05, 0) is 13.3 Å². The van der Waals surface area contributed by atoms with Gasteiger partial charge in [-0.1, -0.05) is 6.92 Å². The monoisotopic (exact) mass is 433 g/mol. The number of nitrogens with zero attached hydrogens (tertiary/aromatic N) is 2. The highest BCUT2D eigenvalue weighted by molar-refractivity contribution is 14.0. The van der Waals surface area contributed by atoms with E-state index in [-0.39, 0.29) is 35.5 Å². The van der Waals surface area contributed by atoms with E-state index in [1.54, 1.807) is 14.0 Å². The summed E-state index contributed by atoms with van der Waals surface area (Å²) in [5.74, 6) is 1.65. The molecule has 1 aliphatic rings. The molecule has 126 valence electrons. The van der Waals surface area contributed by atoms with Gasteiger partial charge >= 0.3 is 0 Å². The van der Waals surface area contributed by atoms with Crippen molar-refractivity contribution in [2.45, 2.75) is 20.3 Å². The van der Waals surface area contributed by atoms with Gasteiger partial charge in [0.1, 0.15) is 0 Å². The third-order valence-corrected chi connectivity index (χ3v) is 5.11. The summed E-state index contributed by atoms with van der Waals surface area (Å²) < 4.78 is 28.1. The highest BCUT2D eigenvalue weighted by atomic mass is 127. The molecule has 1 N–H and O–H groups in total. The van der Waals surface area contributed by atoms with Crippen LogP contribution < -0.4 is 5.32 Å². The second kappa shape index (κ2) is 10.6. The SMILES string of the molecule is CCNC(=NCCS(=O)(=O)CC)N1CCC(COC)C1.I. The Morgan fingerprint density at radius 2 is 2.14 bits per heavy atom. The van der Waals surface area contributed by atoms with Gasteiger partial charge in [0.05, 0.1) is 18.9 Å². The maximum Gasteiger partial charge on any atom is 0.193 e. The largest absolute Gasteiger partial charge is 0.384 e. The third-order valence-electron chi connectivity index (χ3n) is 3.43. The topological polar surface area (TPSA) is 71.0 Å². The molecule has 0 radical (unpaired) electrons. The van der Waals surface area contributed by atoms with Gasteiger partial charge in [0, 0.05) is 38.4 Å². The van der Waals surface area contributed by atoms with E-state index in [1.165, 1.54) is 0 Å². The number of hydrogen-bond donors (Lipinski definition) is 1. The van der Waals surface area contributed by atoms with E-state index >= 15 is 0 Å². The molecule has 1 fully saturated rings. The summed E-state index contributed by atoms with van der Waals surface area (Å²) in [5, 5.41) is 3.23. The highest BCUT2D eigenvalue weighted by Crippen LogP contribution is 2.16. The number of nitrogens with one attached hydrogen (secondary N) is 1. The second-order valence-electron chi connectivity index (χ2n) is 5.03. The molecule has 0 aliphatic carbocycles. The molecule has 0 aromatic carbocycles. The third kappa shape index (κ3) is 7.64. The zero-order chi connectivity index (χ0) is 15.0. The molecular formula is C13H28IN3O3S. The lowest BCUT2D eigenvalue weighted by Gasteiger charge is -2.21. The molecule has 1 unspecified atom stereocenters. The zero-order valence-corrected chi connectivity index (χ0v) is 16.3. The van der Waals surface area contributed by atoms with E-state index in [2.05, 4.69) is 15.2 Å². The number of guanidine groups is 1. The van der Waals surface area contributed by atoms with Crippen LogP contribution in [0.15, 0.2) is 4.99 Å². The van der Waals surface area contributed by atoms with Crippen molar-refractivity contribution in [2.75, 3.05) is 51.4 Å². The first-order chi connectivity index (χ1) is 9.52. The van der Waals surface area contributed by atoms with Gasteiger partial charge in [-0.3, -0.25) is 4.99 Å². The average Bonchev–Trinajstić information content (AvgIpc) is 2.87. The van der Waals surface area contributed by atoms with Crippen LogP contribution in [-0.4, -0.2) is 70.7 Å². The van der Waals surface area contributed by atoms with Crippen LogP contribution in [-0.2, 0) is 14.6 Å². The van der Waals surface area contributed by atoms with E-state index in [9.17, 15) is 8.42 Å². The molecule has 0 aromatic heterocycles. The van der Waals surface area contributed by atoms with Gasteiger partial charge in [0.25, 0.3) is 0 Å². The number of methoxy groups -OCH3 is 1. The molecule has 0 aromatic rings. The van der Waals surface area contributed by atoms with Crippen molar-refractivity contribution in [3.05, 3.63) is 0 Å². The minimum absolute atomic E-state index is 0. The summed E-state index contributed by atoms with van der Waals surface area (Å²) >= 11 is 0. The van der Waals surface area contributed by atoms with Gasteiger partial charge in [0.15, 0.2) is 15.8 Å². The van der Waals surface area contributed by atoms with Gasteiger partial charge in [-0.15, -0.1) is 24.0 Å². The number of hydrogen-bond acceptors (Lipinski definition) is 4. The van der Waals surface area contributed by atoms with Crippen LogP contribution in [0.3, 0.4) is 0 Å². The molecule has 1 heterocycles. The Bertz CT molecular complexity index is 415. The molecule has 6 nitrogen and oxygen atoms in total. The van der Waals surface area contributed by atoms with Crippen molar-refractivity contribution in [2.24, 2.45) is 10.9 Å². The maximum absolute atomic E-state index is 11.5. The van der Waals surface area contributed by atoms with Crippen LogP contribution in [0.4, 0.5) is 0 Å². The van der Waals surface area contributed by atoms with Gasteiger partial charge in [-0.2, -0.15) is 0 Å². The van der Waals surface area contributed by atoms with Crippen LogP contribution in [0.2, 0.25) is 0 Å². The number of halogens is 1. The Balaban J connectivity index is 0.00000400. The number of ether oxygens (including phenoxy) is 1. The van der Waals surface area contributed by atoms with Gasteiger partial charge in [0.2, 0.25) is 0 Å². The predicted octanol–water partition coefficient (Wildman–Crippen LogP) is 0.973. The minimum Gasteiger partial charge on any atom is -0.384 e. The molecule has 0 spiro atoms. The fourth-order valence-electron chi connectivity index (χ4n) is 2.26. The molecule has 1 aliphatic heterocycles. The Kier molecular flexibility index (Phi) is 10.6. The summed E-state index contributed by atoms with van der Waals surface area (Å²) in [5.41, 5.74) is 0. The normalized spacial score (nSPS) is 19.5. The second-order valence-corrected chi connectivity index (χ2v) is 7.50. The van der Waals surface area contributed by atoms with Crippen LogP contribution in [0.5, 0.6) is 0 Å². The summed E-state index contributed by atoms with van der Waals surface area (Å²) in [6.45, 7) is 7.41. The summed E-state index contributed by atoms with van der Waals surface area (Å²) in [7, 11) is -1.23. The van der Waals surface area contributed by atoms with E-state index < -0.39 is 9.84 Å². The number of likely N-dealkylation sites (tertiary alicyclic amines) is 1. The van der Waals surface area contributed by atoms with Crippen LogP contribution in [0.25, 0.3) is 0 Å². The Morgan fingerprint density at radius 1 is 1.43 bits per heavy atom. The molecule has 0 saturated carbocycles. The summed E-state index contributed by atoms with van der Waals surface area (Å²) in [4.78, 5) is 6.62.